The fourth-order valence-electron chi connectivity index (χ4n) is 4.55. The molecule has 0 aromatic carbocycles. The molecular formula is C27H32N8O3. The second-order valence-electron chi connectivity index (χ2n) is 11.0. The van der Waals surface area contributed by atoms with Gasteiger partial charge < -0.3 is 19.7 Å². The largest absolute Gasteiger partial charge is 0.487 e. The van der Waals surface area contributed by atoms with Gasteiger partial charge in [-0.1, -0.05) is 0 Å². The number of likely N-dealkylation sites (tertiary alicyclic amines) is 1. The number of amides is 1. The number of aryl methyl sites for hydroxylation is 1. The van der Waals surface area contributed by atoms with Crippen LogP contribution in [0.25, 0.3) is 16.8 Å². The van der Waals surface area contributed by atoms with E-state index in [9.17, 15) is 4.79 Å². The maximum atomic E-state index is 12.5. The van der Waals surface area contributed by atoms with E-state index in [1.54, 1.807) is 15.8 Å². The molecule has 11 heteroatoms. The van der Waals surface area contributed by atoms with E-state index in [-0.39, 0.29) is 12.1 Å². The number of carbonyl (C=O) groups excluding carboxylic acids is 1. The van der Waals surface area contributed by atoms with Gasteiger partial charge in [0.05, 0.1) is 23.4 Å². The van der Waals surface area contributed by atoms with Gasteiger partial charge in [0.1, 0.15) is 17.9 Å². The summed E-state index contributed by atoms with van der Waals surface area (Å²) in [6.07, 6.45) is 6.59. The van der Waals surface area contributed by atoms with Gasteiger partial charge in [-0.15, -0.1) is 5.10 Å². The van der Waals surface area contributed by atoms with Crippen LogP contribution < -0.4 is 10.1 Å². The Bertz CT molecular complexity index is 1470. The third-order valence-electron chi connectivity index (χ3n) is 6.78. The molecule has 1 aliphatic heterocycles. The molecule has 0 spiro atoms. The van der Waals surface area contributed by atoms with Gasteiger partial charge in [-0.2, -0.15) is 15.3 Å². The minimum Gasteiger partial charge on any atom is -0.487 e. The van der Waals surface area contributed by atoms with Gasteiger partial charge in [0.15, 0.2) is 17.4 Å². The van der Waals surface area contributed by atoms with Crippen molar-refractivity contribution in [2.75, 3.05) is 18.5 Å². The first-order valence-electron chi connectivity index (χ1n) is 13.0. The van der Waals surface area contributed by atoms with Crippen molar-refractivity contribution in [3.05, 3.63) is 48.4 Å². The predicted molar refractivity (Wildman–Crippen MR) is 142 cm³/mol. The molecule has 0 unspecified atom stereocenters. The molecule has 4 aromatic rings. The monoisotopic (exact) mass is 516 g/mol. The molecule has 1 N–H and O–H groups in total. The Morgan fingerprint density at radius 2 is 1.95 bits per heavy atom. The Morgan fingerprint density at radius 1 is 1.11 bits per heavy atom. The molecule has 11 nitrogen and oxygen atoms in total. The summed E-state index contributed by atoms with van der Waals surface area (Å²) in [6.45, 7) is 6.66. The van der Waals surface area contributed by atoms with Crippen LogP contribution >= 0.6 is 0 Å². The topological polar surface area (TPSA) is 112 Å². The van der Waals surface area contributed by atoms with Gasteiger partial charge >= 0.3 is 6.09 Å². The standard InChI is InChI=1S/C27H32N8O3/c1-27(2,3)38-26(36)34-11-10-19(34)16-37-22-15-28-33(4)25(22)18-9-12-35-20(13-18)14-24(32-35)29-23-8-7-21(30-31-23)17-5-6-17/h7-9,12-15,17,19H,5-6,10-11,16H2,1-4H3,(H,29,31,32)/t19-/m1/s1. The van der Waals surface area contributed by atoms with Crippen LogP contribution in [-0.4, -0.2) is 65.4 Å². The lowest BCUT2D eigenvalue weighted by Crippen LogP contribution is -2.55. The summed E-state index contributed by atoms with van der Waals surface area (Å²) in [5.41, 5.74) is 3.25. The highest BCUT2D eigenvalue weighted by atomic mass is 16.6. The van der Waals surface area contributed by atoms with E-state index < -0.39 is 5.60 Å². The SMILES string of the molecule is Cn1ncc(OC[C@H]2CCN2C(=O)OC(C)(C)C)c1-c1ccn2nc(Nc3ccc(C4CC4)nn3)cc2c1. The zero-order valence-corrected chi connectivity index (χ0v) is 22.1. The van der Waals surface area contributed by atoms with E-state index in [0.717, 1.165) is 28.9 Å². The van der Waals surface area contributed by atoms with E-state index in [0.29, 0.717) is 36.5 Å². The molecule has 0 bridgehead atoms. The highest BCUT2D eigenvalue weighted by Gasteiger charge is 2.36. The number of nitrogens with zero attached hydrogens (tertiary/aromatic N) is 7. The number of carbonyl (C=O) groups is 1. The van der Waals surface area contributed by atoms with Gasteiger partial charge in [-0.3, -0.25) is 4.68 Å². The second-order valence-corrected chi connectivity index (χ2v) is 11.0. The van der Waals surface area contributed by atoms with Crippen LogP contribution in [0.1, 0.15) is 51.6 Å². The number of hydrogen-bond acceptors (Lipinski definition) is 8. The van der Waals surface area contributed by atoms with Crippen LogP contribution in [0.3, 0.4) is 0 Å². The Balaban J connectivity index is 1.15. The molecule has 1 amide bonds. The fraction of sp³-hybridized carbons (Fsp3) is 0.444. The van der Waals surface area contributed by atoms with E-state index in [2.05, 4.69) is 25.7 Å². The molecule has 5 heterocycles. The number of anilines is 2. The van der Waals surface area contributed by atoms with Crippen molar-refractivity contribution in [3.63, 3.8) is 0 Å². The summed E-state index contributed by atoms with van der Waals surface area (Å²) in [7, 11) is 1.88. The average Bonchev–Trinajstić information content (AvgIpc) is 3.51. The third kappa shape index (κ3) is 5.00. The summed E-state index contributed by atoms with van der Waals surface area (Å²) >= 11 is 0. The van der Waals surface area contributed by atoms with Crippen LogP contribution in [0.4, 0.5) is 16.4 Å². The Morgan fingerprint density at radius 3 is 2.63 bits per heavy atom. The summed E-state index contributed by atoms with van der Waals surface area (Å²) in [5.74, 6) is 2.58. The lowest BCUT2D eigenvalue weighted by atomic mass is 10.1. The van der Waals surface area contributed by atoms with Crippen molar-refractivity contribution in [1.29, 1.82) is 0 Å². The zero-order valence-electron chi connectivity index (χ0n) is 22.1. The van der Waals surface area contributed by atoms with Gasteiger partial charge in [0.25, 0.3) is 0 Å². The van der Waals surface area contributed by atoms with Crippen LogP contribution in [-0.2, 0) is 11.8 Å². The molecule has 6 rings (SSSR count). The van der Waals surface area contributed by atoms with E-state index in [1.807, 2.05) is 68.9 Å². The summed E-state index contributed by atoms with van der Waals surface area (Å²) in [6, 6.07) is 9.94. The average molecular weight is 517 g/mol. The van der Waals surface area contributed by atoms with Crippen LogP contribution in [0.2, 0.25) is 0 Å². The van der Waals surface area contributed by atoms with E-state index in [1.165, 1.54) is 12.8 Å². The van der Waals surface area contributed by atoms with Crippen molar-refractivity contribution in [2.24, 2.45) is 7.05 Å². The highest BCUT2D eigenvalue weighted by Crippen LogP contribution is 2.38. The predicted octanol–water partition coefficient (Wildman–Crippen LogP) is 4.53. The zero-order chi connectivity index (χ0) is 26.4. The summed E-state index contributed by atoms with van der Waals surface area (Å²) in [5, 5.41) is 20.9. The molecule has 198 valence electrons. The molecule has 1 saturated carbocycles. The lowest BCUT2D eigenvalue weighted by Gasteiger charge is -2.40. The normalized spacial score (nSPS) is 17.4. The van der Waals surface area contributed by atoms with Gasteiger partial charge in [-0.05, 0) is 64.3 Å². The molecule has 4 aromatic heterocycles. The molecule has 1 saturated heterocycles. The van der Waals surface area contributed by atoms with Gasteiger partial charge in [-0.25, -0.2) is 9.31 Å². The minimum atomic E-state index is -0.523. The first-order valence-corrected chi connectivity index (χ1v) is 13.0. The number of aromatic nitrogens is 6. The number of pyridine rings is 1. The number of hydrogen-bond donors (Lipinski definition) is 1. The number of nitrogens with one attached hydrogen (secondary N) is 1. The van der Waals surface area contributed by atoms with Gasteiger partial charge in [0.2, 0.25) is 0 Å². The smallest absolute Gasteiger partial charge is 0.410 e. The quantitative estimate of drug-likeness (QED) is 0.381. The Labute approximate surface area is 220 Å². The third-order valence-corrected chi connectivity index (χ3v) is 6.78. The highest BCUT2D eigenvalue weighted by molar-refractivity contribution is 5.73. The summed E-state index contributed by atoms with van der Waals surface area (Å²) < 4.78 is 15.3. The maximum absolute atomic E-state index is 12.5. The minimum absolute atomic E-state index is 0.0229. The Kier molecular flexibility index (Phi) is 5.93. The molecule has 38 heavy (non-hydrogen) atoms. The van der Waals surface area contributed by atoms with Crippen molar-refractivity contribution in [1.82, 2.24) is 34.5 Å². The van der Waals surface area contributed by atoms with Crippen molar-refractivity contribution in [3.8, 4) is 17.0 Å². The first kappa shape index (κ1) is 24.2. The molecule has 1 atom stereocenters. The fourth-order valence-corrected chi connectivity index (χ4v) is 4.55. The Hall–Kier alpha value is -4.15. The maximum Gasteiger partial charge on any atom is 0.410 e. The number of fused-ring (bicyclic) bond motifs is 1. The summed E-state index contributed by atoms with van der Waals surface area (Å²) in [4.78, 5) is 14.2. The number of ether oxygens (including phenoxy) is 2. The molecule has 1 aliphatic carbocycles. The van der Waals surface area contributed by atoms with Crippen LogP contribution in [0.5, 0.6) is 5.75 Å². The van der Waals surface area contributed by atoms with Crippen molar-refractivity contribution in [2.45, 2.75) is 57.6 Å². The first-order chi connectivity index (χ1) is 18.2. The van der Waals surface area contributed by atoms with Gasteiger partial charge in [0, 0.05) is 37.3 Å². The molecule has 0 radical (unpaired) electrons. The lowest BCUT2D eigenvalue weighted by molar-refractivity contribution is -0.0141. The van der Waals surface area contributed by atoms with Crippen LogP contribution in [0.15, 0.2) is 42.7 Å². The molecule has 2 fully saturated rings. The molecule has 2 aliphatic rings. The van der Waals surface area contributed by atoms with E-state index in [4.69, 9.17) is 9.47 Å². The van der Waals surface area contributed by atoms with Crippen molar-refractivity contribution >= 4 is 23.2 Å². The van der Waals surface area contributed by atoms with Crippen molar-refractivity contribution < 1.29 is 14.3 Å². The number of rotatable bonds is 7. The van der Waals surface area contributed by atoms with Crippen LogP contribution in [0, 0.1) is 0 Å². The second kappa shape index (κ2) is 9.30. The van der Waals surface area contributed by atoms with E-state index >= 15 is 0 Å². The molecular weight excluding hydrogens is 484 g/mol.